The molecule has 0 amide bonds. The Bertz CT molecular complexity index is 337. The summed E-state index contributed by atoms with van der Waals surface area (Å²) in [7, 11) is 3.87. The van der Waals surface area contributed by atoms with E-state index in [0.29, 0.717) is 10.9 Å². The molecule has 1 N–H and O–H groups in total. The molecule has 0 spiro atoms. The lowest BCUT2D eigenvalue weighted by Crippen LogP contribution is -2.19. The second-order valence-corrected chi connectivity index (χ2v) is 4.98. The number of pyridine rings is 1. The third-order valence-corrected chi connectivity index (χ3v) is 2.46. The highest BCUT2D eigenvalue weighted by Gasteiger charge is 2.05. The number of hydrogen-bond acceptors (Lipinski definition) is 3. The van der Waals surface area contributed by atoms with Crippen LogP contribution in [0.15, 0.2) is 12.3 Å². The smallest absolute Gasteiger partial charge is 0.146 e. The van der Waals surface area contributed by atoms with Gasteiger partial charge in [-0.1, -0.05) is 25.4 Å². The van der Waals surface area contributed by atoms with Crippen molar-refractivity contribution < 1.29 is 0 Å². The van der Waals surface area contributed by atoms with Crippen molar-refractivity contribution in [2.75, 3.05) is 25.5 Å². The maximum atomic E-state index is 6.13. The number of anilines is 1. The fourth-order valence-corrected chi connectivity index (χ4v) is 1.76. The molecule has 4 heteroatoms. The van der Waals surface area contributed by atoms with Crippen molar-refractivity contribution in [3.8, 4) is 0 Å². The zero-order valence-electron chi connectivity index (χ0n) is 10.4. The minimum absolute atomic E-state index is 0.657. The number of nitrogens with one attached hydrogen (secondary N) is 1. The molecule has 0 fully saturated rings. The fourth-order valence-electron chi connectivity index (χ4n) is 1.40. The van der Waals surface area contributed by atoms with Gasteiger partial charge in [-0.2, -0.15) is 0 Å². The molecule has 0 radical (unpaired) electrons. The van der Waals surface area contributed by atoms with Gasteiger partial charge in [-0.25, -0.2) is 4.98 Å². The lowest BCUT2D eigenvalue weighted by atomic mass is 10.2. The molecule has 0 bridgehead atoms. The van der Waals surface area contributed by atoms with E-state index in [1.54, 1.807) is 0 Å². The molecule has 1 heterocycles. The Hall–Kier alpha value is -0.800. The zero-order valence-corrected chi connectivity index (χ0v) is 11.2. The van der Waals surface area contributed by atoms with E-state index >= 15 is 0 Å². The predicted molar refractivity (Wildman–Crippen MR) is 70.1 cm³/mol. The molecular weight excluding hydrogens is 222 g/mol. The number of nitrogens with zero attached hydrogens (tertiary/aromatic N) is 2. The minimum Gasteiger partial charge on any atom is -0.362 e. The summed E-state index contributed by atoms with van der Waals surface area (Å²) in [5, 5.41) is 4.07. The lowest BCUT2D eigenvalue weighted by Gasteiger charge is -2.14. The van der Waals surface area contributed by atoms with Crippen LogP contribution in [0.4, 0.5) is 5.82 Å². The van der Waals surface area contributed by atoms with Crippen LogP contribution < -0.4 is 10.2 Å². The van der Waals surface area contributed by atoms with E-state index in [-0.39, 0.29) is 0 Å². The minimum atomic E-state index is 0.657. The molecule has 16 heavy (non-hydrogen) atoms. The van der Waals surface area contributed by atoms with Crippen molar-refractivity contribution in [3.63, 3.8) is 0 Å². The van der Waals surface area contributed by atoms with E-state index in [0.717, 1.165) is 24.5 Å². The van der Waals surface area contributed by atoms with Gasteiger partial charge >= 0.3 is 0 Å². The van der Waals surface area contributed by atoms with Gasteiger partial charge in [0.1, 0.15) is 5.82 Å². The quantitative estimate of drug-likeness (QED) is 0.859. The first-order chi connectivity index (χ1) is 7.50. The Morgan fingerprint density at radius 1 is 1.44 bits per heavy atom. The Balaban J connectivity index is 2.59. The van der Waals surface area contributed by atoms with Crippen molar-refractivity contribution >= 4 is 17.4 Å². The molecule has 0 aliphatic heterocycles. The lowest BCUT2D eigenvalue weighted by molar-refractivity contribution is 0.552. The van der Waals surface area contributed by atoms with Gasteiger partial charge in [0.2, 0.25) is 0 Å². The van der Waals surface area contributed by atoms with Gasteiger partial charge in [0.05, 0.1) is 5.02 Å². The van der Waals surface area contributed by atoms with E-state index in [2.05, 4.69) is 24.1 Å². The largest absolute Gasteiger partial charge is 0.362 e. The summed E-state index contributed by atoms with van der Waals surface area (Å²) < 4.78 is 0. The van der Waals surface area contributed by atoms with E-state index in [4.69, 9.17) is 11.6 Å². The van der Waals surface area contributed by atoms with Crippen LogP contribution in [-0.2, 0) is 6.54 Å². The van der Waals surface area contributed by atoms with E-state index in [1.807, 2.05) is 31.3 Å². The summed E-state index contributed by atoms with van der Waals surface area (Å²) in [5.74, 6) is 1.47. The van der Waals surface area contributed by atoms with Crippen molar-refractivity contribution in [2.45, 2.75) is 20.4 Å². The van der Waals surface area contributed by atoms with Crippen LogP contribution in [0.2, 0.25) is 5.02 Å². The predicted octanol–water partition coefficient (Wildman–Crippen LogP) is 2.55. The normalized spacial score (nSPS) is 10.9. The Morgan fingerprint density at radius 3 is 2.62 bits per heavy atom. The Kier molecular flexibility index (Phi) is 5.03. The van der Waals surface area contributed by atoms with Gasteiger partial charge in [-0.05, 0) is 24.1 Å². The Labute approximate surface area is 103 Å². The SMILES string of the molecule is CC(C)CNCc1cnc(N(C)C)c(Cl)c1. The third kappa shape index (κ3) is 3.99. The number of rotatable bonds is 5. The fraction of sp³-hybridized carbons (Fsp3) is 0.583. The maximum absolute atomic E-state index is 6.13. The molecule has 3 nitrogen and oxygen atoms in total. The maximum Gasteiger partial charge on any atom is 0.146 e. The van der Waals surface area contributed by atoms with Gasteiger partial charge in [0.25, 0.3) is 0 Å². The van der Waals surface area contributed by atoms with Crippen LogP contribution >= 0.6 is 11.6 Å². The van der Waals surface area contributed by atoms with Gasteiger partial charge in [-0.3, -0.25) is 0 Å². The molecule has 1 aromatic rings. The highest BCUT2D eigenvalue weighted by atomic mass is 35.5. The number of aromatic nitrogens is 1. The van der Waals surface area contributed by atoms with E-state index < -0.39 is 0 Å². The second-order valence-electron chi connectivity index (χ2n) is 4.57. The third-order valence-electron chi connectivity index (χ3n) is 2.18. The highest BCUT2D eigenvalue weighted by Crippen LogP contribution is 2.21. The average Bonchev–Trinajstić information content (AvgIpc) is 2.16. The van der Waals surface area contributed by atoms with Crippen molar-refractivity contribution in [1.82, 2.24) is 10.3 Å². The van der Waals surface area contributed by atoms with Crippen LogP contribution in [0.3, 0.4) is 0 Å². The highest BCUT2D eigenvalue weighted by molar-refractivity contribution is 6.33. The standard InChI is InChI=1S/C12H20ClN3/c1-9(2)6-14-7-10-5-11(13)12(15-8-10)16(3)4/h5,8-9,14H,6-7H2,1-4H3. The van der Waals surface area contributed by atoms with Crippen LogP contribution in [0.5, 0.6) is 0 Å². The molecule has 0 aliphatic carbocycles. The first-order valence-electron chi connectivity index (χ1n) is 5.53. The average molecular weight is 242 g/mol. The van der Waals surface area contributed by atoms with Gasteiger partial charge < -0.3 is 10.2 Å². The monoisotopic (exact) mass is 241 g/mol. The van der Waals surface area contributed by atoms with Crippen LogP contribution in [0.1, 0.15) is 19.4 Å². The van der Waals surface area contributed by atoms with Gasteiger partial charge in [-0.15, -0.1) is 0 Å². The summed E-state index contributed by atoms with van der Waals surface area (Å²) in [6, 6.07) is 1.97. The van der Waals surface area contributed by atoms with Gasteiger partial charge in [0.15, 0.2) is 0 Å². The molecular formula is C12H20ClN3. The van der Waals surface area contributed by atoms with Gasteiger partial charge in [0, 0.05) is 26.8 Å². The molecule has 90 valence electrons. The van der Waals surface area contributed by atoms with E-state index in [1.165, 1.54) is 0 Å². The Morgan fingerprint density at radius 2 is 2.12 bits per heavy atom. The summed E-state index contributed by atoms with van der Waals surface area (Å²) in [4.78, 5) is 6.24. The summed E-state index contributed by atoms with van der Waals surface area (Å²) in [5.41, 5.74) is 1.12. The first-order valence-corrected chi connectivity index (χ1v) is 5.91. The molecule has 0 aliphatic rings. The van der Waals surface area contributed by atoms with Crippen LogP contribution in [-0.4, -0.2) is 25.6 Å². The van der Waals surface area contributed by atoms with Crippen molar-refractivity contribution in [2.24, 2.45) is 5.92 Å². The summed E-state index contributed by atoms with van der Waals surface area (Å²) in [6.45, 7) is 6.20. The molecule has 1 rings (SSSR count). The van der Waals surface area contributed by atoms with Crippen LogP contribution in [0.25, 0.3) is 0 Å². The van der Waals surface area contributed by atoms with E-state index in [9.17, 15) is 0 Å². The molecule has 0 aromatic carbocycles. The summed E-state index contributed by atoms with van der Waals surface area (Å²) >= 11 is 6.13. The second kappa shape index (κ2) is 6.06. The van der Waals surface area contributed by atoms with Crippen LogP contribution in [0, 0.1) is 5.92 Å². The van der Waals surface area contributed by atoms with Crippen molar-refractivity contribution in [1.29, 1.82) is 0 Å². The van der Waals surface area contributed by atoms with Crippen molar-refractivity contribution in [3.05, 3.63) is 22.8 Å². The molecule has 1 aromatic heterocycles. The molecule has 0 atom stereocenters. The summed E-state index contributed by atoms with van der Waals surface area (Å²) in [6.07, 6.45) is 1.87. The molecule has 0 saturated carbocycles. The first kappa shape index (κ1) is 13.3. The molecule has 0 unspecified atom stereocenters. The molecule has 0 saturated heterocycles. The number of halogens is 1. The topological polar surface area (TPSA) is 28.2 Å². The zero-order chi connectivity index (χ0) is 12.1. The number of hydrogen-bond donors (Lipinski definition) is 1.